The first-order chi connectivity index (χ1) is 12.7. The number of benzene rings is 1. The van der Waals surface area contributed by atoms with Crippen LogP contribution in [-0.2, 0) is 25.9 Å². The van der Waals surface area contributed by atoms with Gasteiger partial charge in [-0.1, -0.05) is 24.3 Å². The molecule has 134 valence electrons. The van der Waals surface area contributed by atoms with Crippen LogP contribution in [0.2, 0.25) is 0 Å². The van der Waals surface area contributed by atoms with Gasteiger partial charge in [0.25, 0.3) is 0 Å². The Labute approximate surface area is 156 Å². The van der Waals surface area contributed by atoms with E-state index < -0.39 is 0 Å². The van der Waals surface area contributed by atoms with Crippen LogP contribution in [-0.4, -0.2) is 21.0 Å². The molecule has 1 aromatic carbocycles. The highest BCUT2D eigenvalue weighted by molar-refractivity contribution is 5.86. The molecule has 3 heterocycles. The van der Waals surface area contributed by atoms with Crippen molar-refractivity contribution < 1.29 is 0 Å². The first kappa shape index (κ1) is 16.9. The maximum atomic E-state index is 4.45. The standard InChI is InChI=1S/C23H27N3/c1-4-25-12-5-6-22-21(16-25)20-14-17(2)7-10-23(20)26(22)13-11-19-9-8-18(3)24-15-19/h4,7-10,14-15H,1,5-6,11-13,16H2,2-3H3. The first-order valence-electron chi connectivity index (χ1n) is 9.54. The Morgan fingerprint density at radius 1 is 1.19 bits per heavy atom. The summed E-state index contributed by atoms with van der Waals surface area (Å²) in [5.74, 6) is 0. The summed E-state index contributed by atoms with van der Waals surface area (Å²) in [5.41, 5.74) is 8.08. The minimum absolute atomic E-state index is 0.970. The van der Waals surface area contributed by atoms with Crippen molar-refractivity contribution in [3.05, 3.63) is 77.4 Å². The molecule has 3 heteroatoms. The van der Waals surface area contributed by atoms with E-state index in [1.165, 1.54) is 39.7 Å². The molecule has 3 nitrogen and oxygen atoms in total. The van der Waals surface area contributed by atoms with Crippen molar-refractivity contribution in [1.82, 2.24) is 14.5 Å². The fourth-order valence-corrected chi connectivity index (χ4v) is 4.08. The van der Waals surface area contributed by atoms with E-state index in [9.17, 15) is 0 Å². The van der Waals surface area contributed by atoms with Gasteiger partial charge in [0, 0.05) is 53.7 Å². The Morgan fingerprint density at radius 2 is 2.08 bits per heavy atom. The van der Waals surface area contributed by atoms with Crippen LogP contribution in [0.4, 0.5) is 0 Å². The third-order valence-electron chi connectivity index (χ3n) is 5.52. The molecular formula is C23H27N3. The van der Waals surface area contributed by atoms with Gasteiger partial charge in [0.15, 0.2) is 0 Å². The normalized spacial score (nSPS) is 14.3. The Kier molecular flexibility index (Phi) is 4.54. The van der Waals surface area contributed by atoms with E-state index in [2.05, 4.69) is 58.3 Å². The summed E-state index contributed by atoms with van der Waals surface area (Å²) in [6.07, 6.45) is 7.35. The molecule has 0 N–H and O–H groups in total. The number of hydrogen-bond acceptors (Lipinski definition) is 2. The van der Waals surface area contributed by atoms with Crippen molar-refractivity contribution in [2.24, 2.45) is 0 Å². The van der Waals surface area contributed by atoms with Crippen molar-refractivity contribution in [3.63, 3.8) is 0 Å². The highest BCUT2D eigenvalue weighted by Gasteiger charge is 2.21. The van der Waals surface area contributed by atoms with Gasteiger partial charge in [-0.25, -0.2) is 0 Å². The van der Waals surface area contributed by atoms with Crippen LogP contribution in [0.1, 0.15) is 34.5 Å². The zero-order valence-corrected chi connectivity index (χ0v) is 15.8. The Balaban J connectivity index is 1.74. The molecule has 0 amide bonds. The van der Waals surface area contributed by atoms with Gasteiger partial charge in [0.2, 0.25) is 0 Å². The smallest absolute Gasteiger partial charge is 0.0486 e. The van der Waals surface area contributed by atoms with E-state index >= 15 is 0 Å². The number of rotatable bonds is 4. The third kappa shape index (κ3) is 3.14. The zero-order valence-electron chi connectivity index (χ0n) is 15.8. The number of nitrogens with zero attached hydrogens (tertiary/aromatic N) is 3. The number of aryl methyl sites for hydroxylation is 4. The van der Waals surface area contributed by atoms with Crippen LogP contribution in [0.25, 0.3) is 10.9 Å². The third-order valence-corrected chi connectivity index (χ3v) is 5.52. The Hall–Kier alpha value is -2.55. The number of hydrogen-bond donors (Lipinski definition) is 0. The first-order valence-corrected chi connectivity index (χ1v) is 9.54. The molecule has 0 bridgehead atoms. The number of pyridine rings is 1. The molecule has 0 aliphatic carbocycles. The van der Waals surface area contributed by atoms with Gasteiger partial charge in [-0.3, -0.25) is 4.98 Å². The van der Waals surface area contributed by atoms with Crippen LogP contribution in [0, 0.1) is 13.8 Å². The zero-order chi connectivity index (χ0) is 18.1. The largest absolute Gasteiger partial charge is 0.374 e. The summed E-state index contributed by atoms with van der Waals surface area (Å²) in [6.45, 7) is 11.3. The molecule has 2 aromatic heterocycles. The summed E-state index contributed by atoms with van der Waals surface area (Å²) < 4.78 is 2.55. The Morgan fingerprint density at radius 3 is 2.85 bits per heavy atom. The summed E-state index contributed by atoms with van der Waals surface area (Å²) >= 11 is 0. The van der Waals surface area contributed by atoms with E-state index in [1.54, 1.807) is 0 Å². The maximum Gasteiger partial charge on any atom is 0.0486 e. The van der Waals surface area contributed by atoms with Gasteiger partial charge in [0.1, 0.15) is 0 Å². The summed E-state index contributed by atoms with van der Waals surface area (Å²) in [4.78, 5) is 6.80. The number of fused-ring (bicyclic) bond motifs is 3. The van der Waals surface area contributed by atoms with Crippen molar-refractivity contribution in [2.75, 3.05) is 6.54 Å². The molecule has 0 spiro atoms. The monoisotopic (exact) mass is 345 g/mol. The summed E-state index contributed by atoms with van der Waals surface area (Å²) in [5, 5.41) is 1.41. The van der Waals surface area contributed by atoms with Gasteiger partial charge < -0.3 is 9.47 Å². The lowest BCUT2D eigenvalue weighted by atomic mass is 10.1. The lowest BCUT2D eigenvalue weighted by molar-refractivity contribution is 0.376. The number of aromatic nitrogens is 2. The van der Waals surface area contributed by atoms with E-state index in [0.29, 0.717) is 0 Å². The molecule has 0 radical (unpaired) electrons. The molecule has 0 unspecified atom stereocenters. The Bertz CT molecular complexity index is 934. The second-order valence-corrected chi connectivity index (χ2v) is 7.41. The molecule has 0 saturated heterocycles. The summed E-state index contributed by atoms with van der Waals surface area (Å²) in [7, 11) is 0. The summed E-state index contributed by atoms with van der Waals surface area (Å²) in [6, 6.07) is 11.2. The molecular weight excluding hydrogens is 318 g/mol. The van der Waals surface area contributed by atoms with Gasteiger partial charge in [-0.05, 0) is 63.1 Å². The van der Waals surface area contributed by atoms with E-state index in [1.807, 2.05) is 19.3 Å². The molecule has 0 fully saturated rings. The maximum absolute atomic E-state index is 4.45. The van der Waals surface area contributed by atoms with Gasteiger partial charge >= 0.3 is 0 Å². The van der Waals surface area contributed by atoms with Crippen molar-refractivity contribution >= 4 is 10.9 Å². The van der Waals surface area contributed by atoms with Gasteiger partial charge in [-0.15, -0.1) is 0 Å². The van der Waals surface area contributed by atoms with E-state index in [4.69, 9.17) is 0 Å². The predicted octanol–water partition coefficient (Wildman–Crippen LogP) is 4.79. The average molecular weight is 345 g/mol. The molecule has 4 rings (SSSR count). The minimum atomic E-state index is 0.970. The van der Waals surface area contributed by atoms with Crippen LogP contribution >= 0.6 is 0 Å². The minimum Gasteiger partial charge on any atom is -0.374 e. The fraction of sp³-hybridized carbons (Fsp3) is 0.348. The van der Waals surface area contributed by atoms with Crippen LogP contribution < -0.4 is 0 Å². The van der Waals surface area contributed by atoms with Crippen molar-refractivity contribution in [1.29, 1.82) is 0 Å². The van der Waals surface area contributed by atoms with E-state index in [0.717, 1.165) is 38.2 Å². The average Bonchev–Trinajstić information content (AvgIpc) is 2.80. The highest BCUT2D eigenvalue weighted by Crippen LogP contribution is 2.31. The topological polar surface area (TPSA) is 21.1 Å². The second-order valence-electron chi connectivity index (χ2n) is 7.41. The van der Waals surface area contributed by atoms with Crippen LogP contribution in [0.15, 0.2) is 49.3 Å². The highest BCUT2D eigenvalue weighted by atomic mass is 15.1. The lowest BCUT2D eigenvalue weighted by Gasteiger charge is -2.16. The van der Waals surface area contributed by atoms with Gasteiger partial charge in [0.05, 0.1) is 0 Å². The lowest BCUT2D eigenvalue weighted by Crippen LogP contribution is -2.15. The molecule has 0 atom stereocenters. The molecule has 1 aliphatic rings. The molecule has 0 saturated carbocycles. The second kappa shape index (κ2) is 6.99. The van der Waals surface area contributed by atoms with Crippen molar-refractivity contribution in [3.8, 4) is 0 Å². The van der Waals surface area contributed by atoms with Gasteiger partial charge in [-0.2, -0.15) is 0 Å². The van der Waals surface area contributed by atoms with Crippen LogP contribution in [0.3, 0.4) is 0 Å². The van der Waals surface area contributed by atoms with Crippen LogP contribution in [0.5, 0.6) is 0 Å². The molecule has 1 aliphatic heterocycles. The predicted molar refractivity (Wildman–Crippen MR) is 108 cm³/mol. The van der Waals surface area contributed by atoms with E-state index in [-0.39, 0.29) is 0 Å². The SMILES string of the molecule is C=CN1CCCc2c(c3cc(C)ccc3n2CCc2ccc(C)nc2)C1. The fourth-order valence-electron chi connectivity index (χ4n) is 4.08. The van der Waals surface area contributed by atoms with Crippen molar-refractivity contribution in [2.45, 2.75) is 46.2 Å². The molecule has 3 aromatic rings. The quantitative estimate of drug-likeness (QED) is 0.678. The molecule has 26 heavy (non-hydrogen) atoms.